The third kappa shape index (κ3) is 3.64. The molecule has 0 aromatic rings. The molecule has 17 heavy (non-hydrogen) atoms. The summed E-state index contributed by atoms with van der Waals surface area (Å²) in [5, 5.41) is 0. The van der Waals surface area contributed by atoms with Crippen LogP contribution in [0.15, 0.2) is 0 Å². The number of rotatable bonds is 7. The average Bonchev–Trinajstić information content (AvgIpc) is 2.28. The van der Waals surface area contributed by atoms with Crippen molar-refractivity contribution < 1.29 is 9.53 Å². The van der Waals surface area contributed by atoms with Gasteiger partial charge in [0, 0.05) is 13.7 Å². The van der Waals surface area contributed by atoms with E-state index in [4.69, 9.17) is 22.7 Å². The molecule has 2 atom stereocenters. The Kier molecular flexibility index (Phi) is 6.64. The fourth-order valence-corrected chi connectivity index (χ4v) is 1.97. The van der Waals surface area contributed by atoms with Gasteiger partial charge in [0.15, 0.2) is 0 Å². The van der Waals surface area contributed by atoms with Crippen LogP contribution in [0, 0.1) is 5.41 Å². The van der Waals surface area contributed by atoms with E-state index in [1.165, 1.54) is 0 Å². The van der Waals surface area contributed by atoms with Crippen molar-refractivity contribution in [2.75, 3.05) is 20.3 Å². The van der Waals surface area contributed by atoms with Crippen molar-refractivity contribution in [3.63, 3.8) is 0 Å². The van der Waals surface area contributed by atoms with Gasteiger partial charge in [-0.25, -0.2) is 0 Å². The molecule has 0 aromatic carbocycles. The average molecular weight is 260 g/mol. The smallest absolute Gasteiger partial charge is 0.235 e. The first-order valence-corrected chi connectivity index (χ1v) is 6.35. The number of carbonyl (C=O) groups is 1. The Labute approximate surface area is 109 Å². The van der Waals surface area contributed by atoms with Gasteiger partial charge in [0.05, 0.1) is 23.1 Å². The summed E-state index contributed by atoms with van der Waals surface area (Å²) in [6.45, 7) is 8.77. The van der Waals surface area contributed by atoms with Gasteiger partial charge in [-0.3, -0.25) is 4.79 Å². The molecule has 0 spiro atoms. The molecule has 0 aliphatic carbocycles. The molecule has 1 amide bonds. The summed E-state index contributed by atoms with van der Waals surface area (Å²) in [6, 6.07) is 0.0257. The zero-order chi connectivity index (χ0) is 13.6. The van der Waals surface area contributed by atoms with E-state index < -0.39 is 5.41 Å². The van der Waals surface area contributed by atoms with Gasteiger partial charge in [-0.05, 0) is 27.2 Å². The summed E-state index contributed by atoms with van der Waals surface area (Å²) >= 11 is 5.02. The largest absolute Gasteiger partial charge is 0.392 e. The lowest BCUT2D eigenvalue weighted by Gasteiger charge is -2.36. The lowest BCUT2D eigenvalue weighted by molar-refractivity contribution is -0.140. The van der Waals surface area contributed by atoms with Gasteiger partial charge in [0.25, 0.3) is 0 Å². The maximum absolute atomic E-state index is 12.5. The van der Waals surface area contributed by atoms with Crippen LogP contribution in [0.4, 0.5) is 0 Å². The molecule has 0 saturated heterocycles. The molecule has 0 aliphatic heterocycles. The second-order valence-corrected chi connectivity index (χ2v) is 4.89. The van der Waals surface area contributed by atoms with Crippen LogP contribution < -0.4 is 5.73 Å². The number of nitrogens with zero attached hydrogens (tertiary/aromatic N) is 1. The summed E-state index contributed by atoms with van der Waals surface area (Å²) < 4.78 is 5.09. The Morgan fingerprint density at radius 1 is 1.53 bits per heavy atom. The number of thiocarbonyl (C=S) groups is 1. The topological polar surface area (TPSA) is 55.6 Å². The zero-order valence-electron chi connectivity index (χ0n) is 11.4. The van der Waals surface area contributed by atoms with E-state index in [1.807, 2.05) is 20.8 Å². The van der Waals surface area contributed by atoms with Crippen molar-refractivity contribution in [2.45, 2.75) is 40.2 Å². The summed E-state index contributed by atoms with van der Waals surface area (Å²) in [6.07, 6.45) is 0.609. The maximum Gasteiger partial charge on any atom is 0.235 e. The Morgan fingerprint density at radius 2 is 2.06 bits per heavy atom. The number of hydrogen-bond acceptors (Lipinski definition) is 3. The zero-order valence-corrected chi connectivity index (χ0v) is 12.3. The van der Waals surface area contributed by atoms with E-state index in [0.717, 1.165) is 0 Å². The van der Waals surface area contributed by atoms with Crippen LogP contribution in [0.25, 0.3) is 0 Å². The number of methoxy groups -OCH3 is 1. The third-order valence-electron chi connectivity index (χ3n) is 3.26. The Morgan fingerprint density at radius 3 is 2.35 bits per heavy atom. The number of likely N-dealkylation sites (N-methyl/N-ethyl adjacent to an activating group) is 1. The second kappa shape index (κ2) is 6.91. The molecular weight excluding hydrogens is 236 g/mol. The molecule has 4 nitrogen and oxygen atoms in total. The number of hydrogen-bond donors (Lipinski definition) is 1. The van der Waals surface area contributed by atoms with Crippen LogP contribution in [-0.4, -0.2) is 42.1 Å². The van der Waals surface area contributed by atoms with Crippen LogP contribution in [0.1, 0.15) is 34.1 Å². The molecule has 0 heterocycles. The van der Waals surface area contributed by atoms with E-state index in [-0.39, 0.29) is 16.9 Å². The quantitative estimate of drug-likeness (QED) is 0.706. The number of carbonyl (C=O) groups excluding carboxylic acids is 1. The van der Waals surface area contributed by atoms with Gasteiger partial charge in [-0.2, -0.15) is 0 Å². The van der Waals surface area contributed by atoms with Crippen molar-refractivity contribution in [3.05, 3.63) is 0 Å². The van der Waals surface area contributed by atoms with E-state index in [1.54, 1.807) is 18.9 Å². The number of nitrogens with two attached hydrogens (primary N) is 1. The normalized spacial score (nSPS) is 16.1. The Bertz CT molecular complexity index is 284. The van der Waals surface area contributed by atoms with Gasteiger partial charge in [-0.15, -0.1) is 0 Å². The van der Waals surface area contributed by atoms with Crippen LogP contribution >= 0.6 is 12.2 Å². The molecule has 5 heteroatoms. The molecule has 0 radical (unpaired) electrons. The summed E-state index contributed by atoms with van der Waals surface area (Å²) in [5.74, 6) is -0.0143. The van der Waals surface area contributed by atoms with Gasteiger partial charge < -0.3 is 15.4 Å². The van der Waals surface area contributed by atoms with Crippen LogP contribution in [0.5, 0.6) is 0 Å². The van der Waals surface area contributed by atoms with E-state index in [2.05, 4.69) is 0 Å². The van der Waals surface area contributed by atoms with Crippen molar-refractivity contribution in [1.82, 2.24) is 4.90 Å². The SMILES string of the molecule is CCN(C(=O)C(C)(CC)C(N)=S)C(C)COC. The highest BCUT2D eigenvalue weighted by molar-refractivity contribution is 7.80. The van der Waals surface area contributed by atoms with Crippen molar-refractivity contribution >= 4 is 23.1 Å². The first-order chi connectivity index (χ1) is 7.84. The van der Waals surface area contributed by atoms with Crippen molar-refractivity contribution in [2.24, 2.45) is 11.1 Å². The number of ether oxygens (including phenoxy) is 1. The lowest BCUT2D eigenvalue weighted by atomic mass is 9.85. The highest BCUT2D eigenvalue weighted by Crippen LogP contribution is 2.25. The van der Waals surface area contributed by atoms with Crippen molar-refractivity contribution in [3.8, 4) is 0 Å². The summed E-state index contributed by atoms with van der Waals surface area (Å²) in [4.78, 5) is 14.5. The van der Waals surface area contributed by atoms with Gasteiger partial charge in [0.2, 0.25) is 5.91 Å². The third-order valence-corrected chi connectivity index (χ3v) is 3.71. The molecule has 0 rings (SSSR count). The predicted molar refractivity (Wildman–Crippen MR) is 73.9 cm³/mol. The first-order valence-electron chi connectivity index (χ1n) is 5.95. The van der Waals surface area contributed by atoms with Gasteiger partial charge in [-0.1, -0.05) is 19.1 Å². The molecule has 2 N–H and O–H groups in total. The molecule has 0 aromatic heterocycles. The monoisotopic (exact) mass is 260 g/mol. The number of amides is 1. The predicted octanol–water partition coefficient (Wildman–Crippen LogP) is 1.57. The van der Waals surface area contributed by atoms with Crippen LogP contribution in [-0.2, 0) is 9.53 Å². The highest BCUT2D eigenvalue weighted by atomic mass is 32.1. The summed E-state index contributed by atoms with van der Waals surface area (Å²) in [5.41, 5.74) is 4.95. The molecule has 0 fully saturated rings. The molecule has 100 valence electrons. The molecule has 0 aliphatic rings. The lowest BCUT2D eigenvalue weighted by Crippen LogP contribution is -2.52. The fraction of sp³-hybridized carbons (Fsp3) is 0.833. The molecule has 2 unspecified atom stereocenters. The van der Waals surface area contributed by atoms with E-state index in [0.29, 0.717) is 19.6 Å². The van der Waals surface area contributed by atoms with E-state index >= 15 is 0 Å². The first kappa shape index (κ1) is 16.3. The molecule has 0 bridgehead atoms. The van der Waals surface area contributed by atoms with Gasteiger partial charge >= 0.3 is 0 Å². The second-order valence-electron chi connectivity index (χ2n) is 4.45. The Hall–Kier alpha value is -0.680. The van der Waals surface area contributed by atoms with Gasteiger partial charge in [0.1, 0.15) is 0 Å². The standard InChI is InChI=1S/C12H24N2O2S/c1-6-12(4,10(13)17)11(15)14(7-2)9(3)8-16-5/h9H,6-8H2,1-5H3,(H2,13,17). The van der Waals surface area contributed by atoms with Crippen LogP contribution in [0.3, 0.4) is 0 Å². The maximum atomic E-state index is 12.5. The minimum Gasteiger partial charge on any atom is -0.392 e. The Balaban J connectivity index is 5.02. The van der Waals surface area contributed by atoms with Crippen LogP contribution in [0.2, 0.25) is 0 Å². The summed E-state index contributed by atoms with van der Waals surface area (Å²) in [7, 11) is 1.63. The highest BCUT2D eigenvalue weighted by Gasteiger charge is 2.38. The fourth-order valence-electron chi connectivity index (χ4n) is 1.73. The molecule has 0 saturated carbocycles. The molecular formula is C12H24N2O2S. The minimum absolute atomic E-state index is 0.0143. The minimum atomic E-state index is -0.757. The van der Waals surface area contributed by atoms with Crippen molar-refractivity contribution in [1.29, 1.82) is 0 Å². The van der Waals surface area contributed by atoms with E-state index in [9.17, 15) is 4.79 Å².